The number of hydrogen-bond donors (Lipinski definition) is 1. The topological polar surface area (TPSA) is 146 Å². The van der Waals surface area contributed by atoms with Crippen LogP contribution in [-0.4, -0.2) is 59.4 Å². The lowest BCUT2D eigenvalue weighted by atomic mass is 9.75. The number of amides is 2. The molecule has 0 saturated carbocycles. The number of nitrogens with zero attached hydrogens (tertiary/aromatic N) is 7. The summed E-state index contributed by atoms with van der Waals surface area (Å²) in [4.78, 5) is 49.7. The van der Waals surface area contributed by atoms with Crippen molar-refractivity contribution in [1.29, 1.82) is 0 Å². The molecule has 2 aromatic heterocycles. The third-order valence-corrected chi connectivity index (χ3v) is 9.30. The van der Waals surface area contributed by atoms with Gasteiger partial charge in [-0.3, -0.25) is 9.69 Å². The van der Waals surface area contributed by atoms with E-state index in [0.717, 1.165) is 15.9 Å². The monoisotopic (exact) mass is 828 g/mol. The van der Waals surface area contributed by atoms with Gasteiger partial charge in [-0.25, -0.2) is 32.7 Å². The van der Waals surface area contributed by atoms with Crippen LogP contribution in [0, 0.1) is 5.41 Å². The number of ether oxygens (including phenoxy) is 2. The Balaban J connectivity index is 1.49. The Labute approximate surface area is 333 Å². The average molecular weight is 830 g/mol. The summed E-state index contributed by atoms with van der Waals surface area (Å²) in [5.41, 5.74) is -1.35. The van der Waals surface area contributed by atoms with Gasteiger partial charge in [-0.2, -0.15) is 19.0 Å². The van der Waals surface area contributed by atoms with Crippen molar-refractivity contribution in [2.24, 2.45) is 10.4 Å². The maximum absolute atomic E-state index is 15.3. The number of aliphatic imine (C=N–C) groups is 1. The first-order valence-electron chi connectivity index (χ1n) is 17.2. The Morgan fingerprint density at radius 3 is 2.32 bits per heavy atom. The molecule has 0 radical (unpaired) electrons. The van der Waals surface area contributed by atoms with Crippen molar-refractivity contribution >= 4 is 46.6 Å². The van der Waals surface area contributed by atoms with Crippen molar-refractivity contribution in [2.75, 3.05) is 6.61 Å². The first-order valence-corrected chi connectivity index (χ1v) is 18.0. The van der Waals surface area contributed by atoms with E-state index in [4.69, 9.17) is 32.7 Å². The fraction of sp³-hybridized carbons (Fsp3) is 0.289. The number of halogens is 6. The number of hydrogen-bond acceptors (Lipinski definition) is 8. The summed E-state index contributed by atoms with van der Waals surface area (Å²) in [6, 6.07) is 18.2. The Bertz CT molecular complexity index is 2280. The lowest BCUT2D eigenvalue weighted by molar-refractivity contribution is -0.134. The van der Waals surface area contributed by atoms with E-state index in [9.17, 15) is 27.2 Å². The molecule has 0 unspecified atom stereocenters. The van der Waals surface area contributed by atoms with Gasteiger partial charge in [-0.1, -0.05) is 93.0 Å². The second-order valence-electron chi connectivity index (χ2n) is 14.1. The average Bonchev–Trinajstić information content (AvgIpc) is 3.91. The molecule has 2 amide bonds. The molecule has 57 heavy (non-hydrogen) atoms. The highest BCUT2D eigenvalue weighted by Gasteiger charge is 2.55. The maximum Gasteiger partial charge on any atom is 0.437 e. The highest BCUT2D eigenvalue weighted by Crippen LogP contribution is 2.43. The number of carbonyl (C=O) groups is 3. The van der Waals surface area contributed by atoms with Gasteiger partial charge in [0.05, 0.1) is 22.9 Å². The molecule has 19 heteroatoms. The predicted molar refractivity (Wildman–Crippen MR) is 200 cm³/mol. The zero-order valence-electron chi connectivity index (χ0n) is 30.5. The Morgan fingerprint density at radius 2 is 1.68 bits per heavy atom. The summed E-state index contributed by atoms with van der Waals surface area (Å²) >= 11 is 12.1. The predicted octanol–water partition coefficient (Wildman–Crippen LogP) is 8.99. The first kappa shape index (κ1) is 40.8. The van der Waals surface area contributed by atoms with Gasteiger partial charge in [-0.15, -0.1) is 4.99 Å². The lowest BCUT2D eigenvalue weighted by Gasteiger charge is -2.35. The van der Waals surface area contributed by atoms with Crippen LogP contribution in [-0.2, 0) is 26.4 Å². The Morgan fingerprint density at radius 1 is 0.965 bits per heavy atom. The van der Waals surface area contributed by atoms with Crippen LogP contribution in [0.2, 0.25) is 5.02 Å². The van der Waals surface area contributed by atoms with Gasteiger partial charge in [0, 0.05) is 23.4 Å². The van der Waals surface area contributed by atoms with Gasteiger partial charge in [0.1, 0.15) is 25.1 Å². The second kappa shape index (κ2) is 16.7. The normalized spacial score (nSPS) is 17.0. The molecule has 0 aliphatic carbocycles. The van der Waals surface area contributed by atoms with Crippen LogP contribution in [0.3, 0.4) is 0 Å². The van der Waals surface area contributed by atoms with E-state index >= 15 is 4.79 Å². The molecule has 1 aliphatic rings. The molecular formula is C38H34Cl2F4N8O5. The zero-order valence-corrected chi connectivity index (χ0v) is 32.0. The van der Waals surface area contributed by atoms with Crippen LogP contribution in [0.4, 0.5) is 27.2 Å². The summed E-state index contributed by atoms with van der Waals surface area (Å²) in [5, 5.41) is 10.8. The van der Waals surface area contributed by atoms with Crippen molar-refractivity contribution in [1.82, 2.24) is 34.8 Å². The molecule has 3 heterocycles. The molecule has 0 bridgehead atoms. The molecule has 5 aromatic rings. The Hall–Kier alpha value is -5.81. The van der Waals surface area contributed by atoms with E-state index in [-0.39, 0.29) is 35.3 Å². The standard InChI is InChI=1S/C38H34Cl2F4N8O5/c1-37(2,3)20-38(26-12-9-23(10-13-26)25-16-46-50(17-25)34(43)44)32(53)51(35(49-38)48-36(55)57-18-22-7-5-4-6-8-22)29(19-56-33(40)54)24-11-14-27(39)28(15-24)52-31(30(41)42)45-21-47-52/h4-17,21,29-30,34H,18-20H2,1-3H3,(H,48,49,55)/t29-,38-/m1/s1. The van der Waals surface area contributed by atoms with Crippen molar-refractivity contribution in [2.45, 2.75) is 58.4 Å². The van der Waals surface area contributed by atoms with E-state index in [1.54, 1.807) is 54.6 Å². The summed E-state index contributed by atoms with van der Waals surface area (Å²) in [5.74, 6) is -1.67. The van der Waals surface area contributed by atoms with Crippen LogP contribution in [0.15, 0.2) is 96.5 Å². The third kappa shape index (κ3) is 9.10. The fourth-order valence-electron chi connectivity index (χ4n) is 6.52. The molecule has 3 aromatic carbocycles. The zero-order chi connectivity index (χ0) is 41.1. The maximum atomic E-state index is 15.3. The summed E-state index contributed by atoms with van der Waals surface area (Å²) in [6.45, 7) is 2.07. The number of alkyl halides is 4. The van der Waals surface area contributed by atoms with E-state index in [1.807, 2.05) is 20.8 Å². The molecule has 13 nitrogen and oxygen atoms in total. The summed E-state index contributed by atoms with van der Waals surface area (Å²) < 4.78 is 66.5. The lowest BCUT2D eigenvalue weighted by Crippen LogP contribution is -2.47. The number of carbonyl (C=O) groups excluding carboxylic acids is 3. The van der Waals surface area contributed by atoms with Crippen LogP contribution in [0.5, 0.6) is 0 Å². The molecule has 1 saturated heterocycles. The van der Waals surface area contributed by atoms with Gasteiger partial charge < -0.3 is 14.8 Å². The first-order chi connectivity index (χ1) is 27.1. The van der Waals surface area contributed by atoms with Gasteiger partial charge in [0.15, 0.2) is 5.82 Å². The largest absolute Gasteiger partial charge is 0.451 e. The Kier molecular flexibility index (Phi) is 12.0. The fourth-order valence-corrected chi connectivity index (χ4v) is 6.78. The molecule has 1 aliphatic heterocycles. The molecular weight excluding hydrogens is 795 g/mol. The van der Waals surface area contributed by atoms with Crippen LogP contribution in [0.1, 0.15) is 68.7 Å². The SMILES string of the molecule is CC(C)(C)C[C@]1(c2ccc(-c3cnn(C(F)F)c3)cc2)N/C(=N/C(=O)OCc2ccccc2)N([C@H](COC(=O)Cl)c2ccc(Cl)c(-n3ncnc3C(F)F)c2)C1=O. The van der Waals surface area contributed by atoms with Crippen LogP contribution in [0.25, 0.3) is 16.8 Å². The molecule has 1 N–H and O–H groups in total. The number of benzene rings is 3. The highest BCUT2D eigenvalue weighted by molar-refractivity contribution is 6.61. The van der Waals surface area contributed by atoms with E-state index in [1.165, 1.54) is 30.6 Å². The van der Waals surface area contributed by atoms with Crippen LogP contribution >= 0.6 is 23.2 Å². The van der Waals surface area contributed by atoms with Crippen molar-refractivity contribution in [3.05, 3.63) is 119 Å². The second-order valence-corrected chi connectivity index (χ2v) is 14.8. The smallest absolute Gasteiger partial charge is 0.437 e. The third-order valence-electron chi connectivity index (χ3n) is 8.87. The number of rotatable bonds is 12. The van der Waals surface area contributed by atoms with Crippen LogP contribution < -0.4 is 5.32 Å². The molecule has 0 spiro atoms. The highest BCUT2D eigenvalue weighted by atomic mass is 35.5. The number of nitrogens with one attached hydrogen (secondary N) is 1. The van der Waals surface area contributed by atoms with Gasteiger partial charge in [-0.05, 0) is 46.2 Å². The van der Waals surface area contributed by atoms with E-state index < -0.39 is 59.8 Å². The van der Waals surface area contributed by atoms with E-state index in [0.29, 0.717) is 26.9 Å². The summed E-state index contributed by atoms with van der Waals surface area (Å²) in [6.07, 6.45) is -0.620. The van der Waals surface area contributed by atoms with Crippen molar-refractivity contribution < 1.29 is 41.4 Å². The number of guanidine groups is 1. The summed E-state index contributed by atoms with van der Waals surface area (Å²) in [7, 11) is 0. The number of aromatic nitrogens is 5. The minimum atomic E-state index is -3.03. The van der Waals surface area contributed by atoms with Gasteiger partial charge in [0.25, 0.3) is 12.3 Å². The van der Waals surface area contributed by atoms with Gasteiger partial charge in [0.2, 0.25) is 5.96 Å². The van der Waals surface area contributed by atoms with Crippen molar-refractivity contribution in [3.8, 4) is 16.8 Å². The molecule has 2 atom stereocenters. The minimum absolute atomic E-state index is 0.00949. The van der Waals surface area contributed by atoms with E-state index in [2.05, 4.69) is 25.5 Å². The quantitative estimate of drug-likeness (QED) is 0.0962. The molecule has 298 valence electrons. The molecule has 6 rings (SSSR count). The van der Waals surface area contributed by atoms with Crippen molar-refractivity contribution in [3.63, 3.8) is 0 Å². The van der Waals surface area contributed by atoms with Gasteiger partial charge >= 0.3 is 18.1 Å². The minimum Gasteiger partial charge on any atom is -0.451 e. The molecule has 1 fully saturated rings.